The molecular weight excluding hydrogens is 203 g/mol. The van der Waals surface area contributed by atoms with Gasteiger partial charge in [-0.25, -0.2) is 4.39 Å². The molecule has 0 aliphatic heterocycles. The highest BCUT2D eigenvalue weighted by Gasteiger charge is 2.22. The molecule has 1 rings (SSSR count). The van der Waals surface area contributed by atoms with Crippen LogP contribution in [0, 0.1) is 5.82 Å². The zero-order valence-electron chi connectivity index (χ0n) is 10.1. The Morgan fingerprint density at radius 3 is 2.62 bits per heavy atom. The first-order valence-electron chi connectivity index (χ1n) is 5.74. The molecule has 0 aliphatic carbocycles. The second-order valence-corrected chi connectivity index (χ2v) is 4.68. The molecule has 3 N–H and O–H groups in total. The van der Waals surface area contributed by atoms with Crippen LogP contribution in [0.1, 0.15) is 25.8 Å². The molecule has 0 unspecified atom stereocenters. The molecular formula is C13H21FN2. The van der Waals surface area contributed by atoms with Crippen molar-refractivity contribution in [1.82, 2.24) is 5.32 Å². The van der Waals surface area contributed by atoms with Crippen molar-refractivity contribution in [2.75, 3.05) is 19.6 Å². The van der Waals surface area contributed by atoms with Crippen molar-refractivity contribution >= 4 is 0 Å². The van der Waals surface area contributed by atoms with E-state index in [1.54, 1.807) is 6.07 Å². The van der Waals surface area contributed by atoms with E-state index >= 15 is 0 Å². The normalized spacial score (nSPS) is 11.8. The quantitative estimate of drug-likeness (QED) is 0.726. The number of nitrogens with two attached hydrogens (primary N) is 1. The largest absolute Gasteiger partial charge is 0.330 e. The highest BCUT2D eigenvalue weighted by molar-refractivity contribution is 5.25. The van der Waals surface area contributed by atoms with Crippen LogP contribution in [-0.2, 0) is 5.41 Å². The lowest BCUT2D eigenvalue weighted by Crippen LogP contribution is -2.34. The second-order valence-electron chi connectivity index (χ2n) is 4.68. The summed E-state index contributed by atoms with van der Waals surface area (Å²) >= 11 is 0. The molecule has 0 amide bonds. The number of hydrogen-bond acceptors (Lipinski definition) is 2. The van der Waals surface area contributed by atoms with Crippen LogP contribution < -0.4 is 11.1 Å². The van der Waals surface area contributed by atoms with E-state index in [1.807, 2.05) is 26.0 Å². The van der Waals surface area contributed by atoms with Gasteiger partial charge in [0, 0.05) is 12.0 Å². The fraction of sp³-hybridized carbons (Fsp3) is 0.538. The SMILES string of the molecule is CC(C)(CNCCCN)c1ccccc1F. The summed E-state index contributed by atoms with van der Waals surface area (Å²) in [5.41, 5.74) is 5.98. The van der Waals surface area contributed by atoms with Crippen molar-refractivity contribution in [2.24, 2.45) is 5.73 Å². The van der Waals surface area contributed by atoms with Crippen molar-refractivity contribution in [3.63, 3.8) is 0 Å². The number of hydrogen-bond donors (Lipinski definition) is 2. The lowest BCUT2D eigenvalue weighted by Gasteiger charge is -2.26. The van der Waals surface area contributed by atoms with Gasteiger partial charge in [-0.3, -0.25) is 0 Å². The standard InChI is InChI=1S/C13H21FN2/c1-13(2,10-16-9-5-8-15)11-6-3-4-7-12(11)14/h3-4,6-7,16H,5,8-10,15H2,1-2H3. The number of rotatable bonds is 6. The maximum atomic E-state index is 13.6. The molecule has 0 aromatic heterocycles. The summed E-state index contributed by atoms with van der Waals surface area (Å²) in [6.07, 6.45) is 0.952. The van der Waals surface area contributed by atoms with E-state index in [9.17, 15) is 4.39 Å². The molecule has 0 saturated heterocycles. The van der Waals surface area contributed by atoms with Gasteiger partial charge in [0.1, 0.15) is 5.82 Å². The van der Waals surface area contributed by atoms with Gasteiger partial charge < -0.3 is 11.1 Å². The van der Waals surface area contributed by atoms with Crippen molar-refractivity contribution in [1.29, 1.82) is 0 Å². The third kappa shape index (κ3) is 3.58. The molecule has 0 aliphatic rings. The van der Waals surface area contributed by atoms with E-state index in [0.717, 1.165) is 25.1 Å². The Hall–Kier alpha value is -0.930. The zero-order valence-corrected chi connectivity index (χ0v) is 10.1. The topological polar surface area (TPSA) is 38.0 Å². The molecule has 3 heteroatoms. The minimum absolute atomic E-state index is 0.131. The molecule has 2 nitrogen and oxygen atoms in total. The van der Waals surface area contributed by atoms with E-state index in [2.05, 4.69) is 5.32 Å². The van der Waals surface area contributed by atoms with Crippen molar-refractivity contribution < 1.29 is 4.39 Å². The average molecular weight is 224 g/mol. The summed E-state index contributed by atoms with van der Waals surface area (Å²) in [6, 6.07) is 6.95. The Kier molecular flexibility index (Phi) is 4.90. The zero-order chi connectivity index (χ0) is 12.0. The molecule has 90 valence electrons. The first-order valence-corrected chi connectivity index (χ1v) is 5.74. The van der Waals surface area contributed by atoms with Crippen LogP contribution in [0.15, 0.2) is 24.3 Å². The van der Waals surface area contributed by atoms with Gasteiger partial charge in [-0.05, 0) is 31.1 Å². The highest BCUT2D eigenvalue weighted by Crippen LogP contribution is 2.24. The third-order valence-corrected chi connectivity index (χ3v) is 2.73. The predicted molar refractivity (Wildman–Crippen MR) is 66.0 cm³/mol. The Labute approximate surface area is 97.0 Å². The van der Waals surface area contributed by atoms with E-state index in [0.29, 0.717) is 6.54 Å². The van der Waals surface area contributed by atoms with Gasteiger partial charge >= 0.3 is 0 Å². The van der Waals surface area contributed by atoms with Crippen LogP contribution in [-0.4, -0.2) is 19.6 Å². The summed E-state index contributed by atoms with van der Waals surface area (Å²) in [5.74, 6) is -0.131. The molecule has 0 spiro atoms. The fourth-order valence-corrected chi connectivity index (χ4v) is 1.73. The van der Waals surface area contributed by atoms with Gasteiger partial charge in [-0.15, -0.1) is 0 Å². The van der Waals surface area contributed by atoms with Gasteiger partial charge in [0.15, 0.2) is 0 Å². The number of nitrogens with one attached hydrogen (secondary N) is 1. The van der Waals surface area contributed by atoms with Crippen LogP contribution in [0.5, 0.6) is 0 Å². The Balaban J connectivity index is 2.59. The van der Waals surface area contributed by atoms with Crippen LogP contribution in [0.3, 0.4) is 0 Å². The molecule has 0 radical (unpaired) electrons. The minimum Gasteiger partial charge on any atom is -0.330 e. The van der Waals surface area contributed by atoms with Crippen LogP contribution >= 0.6 is 0 Å². The summed E-state index contributed by atoms with van der Waals surface area (Å²) in [7, 11) is 0. The predicted octanol–water partition coefficient (Wildman–Crippen LogP) is 2.04. The molecule has 0 saturated carbocycles. The lowest BCUT2D eigenvalue weighted by molar-refractivity contribution is 0.443. The summed E-state index contributed by atoms with van der Waals surface area (Å²) in [5, 5.41) is 3.31. The number of benzene rings is 1. The van der Waals surface area contributed by atoms with E-state index in [4.69, 9.17) is 5.73 Å². The lowest BCUT2D eigenvalue weighted by atomic mass is 9.84. The maximum Gasteiger partial charge on any atom is 0.126 e. The smallest absolute Gasteiger partial charge is 0.126 e. The van der Waals surface area contributed by atoms with Gasteiger partial charge in [0.2, 0.25) is 0 Å². The highest BCUT2D eigenvalue weighted by atomic mass is 19.1. The van der Waals surface area contributed by atoms with Gasteiger partial charge in [-0.1, -0.05) is 32.0 Å². The van der Waals surface area contributed by atoms with Crippen LogP contribution in [0.4, 0.5) is 4.39 Å². The summed E-state index contributed by atoms with van der Waals surface area (Å²) < 4.78 is 13.6. The minimum atomic E-state index is -0.195. The molecule has 0 fully saturated rings. The average Bonchev–Trinajstić information content (AvgIpc) is 2.25. The monoisotopic (exact) mass is 224 g/mol. The number of halogens is 1. The van der Waals surface area contributed by atoms with Crippen molar-refractivity contribution in [3.8, 4) is 0 Å². The molecule has 0 bridgehead atoms. The molecule has 1 aromatic rings. The van der Waals surface area contributed by atoms with E-state index in [-0.39, 0.29) is 11.2 Å². The second kappa shape index (κ2) is 5.97. The Morgan fingerprint density at radius 2 is 2.00 bits per heavy atom. The van der Waals surface area contributed by atoms with Crippen molar-refractivity contribution in [2.45, 2.75) is 25.7 Å². The van der Waals surface area contributed by atoms with Gasteiger partial charge in [0.25, 0.3) is 0 Å². The van der Waals surface area contributed by atoms with E-state index < -0.39 is 0 Å². The fourth-order valence-electron chi connectivity index (χ4n) is 1.73. The molecule has 0 atom stereocenters. The third-order valence-electron chi connectivity index (χ3n) is 2.73. The first kappa shape index (κ1) is 13.1. The maximum absolute atomic E-state index is 13.6. The van der Waals surface area contributed by atoms with Gasteiger partial charge in [-0.2, -0.15) is 0 Å². The van der Waals surface area contributed by atoms with Crippen LogP contribution in [0.25, 0.3) is 0 Å². The van der Waals surface area contributed by atoms with Crippen LogP contribution in [0.2, 0.25) is 0 Å². The Morgan fingerprint density at radius 1 is 1.31 bits per heavy atom. The Bertz CT molecular complexity index is 323. The van der Waals surface area contributed by atoms with E-state index in [1.165, 1.54) is 6.07 Å². The first-order chi connectivity index (χ1) is 7.58. The van der Waals surface area contributed by atoms with Gasteiger partial charge in [0.05, 0.1) is 0 Å². The summed E-state index contributed by atoms with van der Waals surface area (Å²) in [6.45, 7) is 6.41. The van der Waals surface area contributed by atoms with Crippen molar-refractivity contribution in [3.05, 3.63) is 35.6 Å². The molecule has 1 aromatic carbocycles. The molecule has 16 heavy (non-hydrogen) atoms. The molecule has 0 heterocycles. The summed E-state index contributed by atoms with van der Waals surface area (Å²) in [4.78, 5) is 0.